The number of aromatic nitrogens is 1. The molecule has 0 amide bonds. The molecule has 0 spiro atoms. The first-order valence-electron chi connectivity index (χ1n) is 5.41. The molecule has 1 heterocycles. The molecule has 1 saturated carbocycles. The first-order valence-corrected chi connectivity index (χ1v) is 5.41. The largest absolute Gasteiger partial charge is 0.444 e. The quantitative estimate of drug-likeness (QED) is 0.780. The van der Waals surface area contributed by atoms with Crippen molar-refractivity contribution in [1.29, 1.82) is 0 Å². The highest BCUT2D eigenvalue weighted by atomic mass is 16.4. The maximum Gasteiger partial charge on any atom is 0.208 e. The number of hydrogen-bond acceptors (Lipinski definition) is 3. The van der Waals surface area contributed by atoms with Gasteiger partial charge < -0.3 is 9.73 Å². The van der Waals surface area contributed by atoms with E-state index in [0.717, 1.165) is 30.5 Å². The third kappa shape index (κ3) is 2.84. The lowest BCUT2D eigenvalue weighted by atomic mass is 10.2. The van der Waals surface area contributed by atoms with E-state index in [1.54, 1.807) is 0 Å². The summed E-state index contributed by atoms with van der Waals surface area (Å²) in [6.07, 6.45) is 5.67. The molecule has 78 valence electrons. The second kappa shape index (κ2) is 4.13. The summed E-state index contributed by atoms with van der Waals surface area (Å²) in [5, 5.41) is 3.29. The van der Waals surface area contributed by atoms with E-state index in [2.05, 4.69) is 24.1 Å². The van der Waals surface area contributed by atoms with Gasteiger partial charge in [-0.3, -0.25) is 0 Å². The molecular formula is C11H18N2O. The predicted octanol–water partition coefficient (Wildman–Crippen LogP) is 2.13. The van der Waals surface area contributed by atoms with Crippen molar-refractivity contribution in [3.8, 4) is 0 Å². The monoisotopic (exact) mass is 194 g/mol. The van der Waals surface area contributed by atoms with Crippen LogP contribution in [0.3, 0.4) is 0 Å². The minimum Gasteiger partial charge on any atom is -0.444 e. The van der Waals surface area contributed by atoms with Gasteiger partial charge in [0.1, 0.15) is 5.76 Å². The van der Waals surface area contributed by atoms with Gasteiger partial charge in [-0.05, 0) is 18.8 Å². The Kier molecular flexibility index (Phi) is 2.87. The second-order valence-corrected chi connectivity index (χ2v) is 4.40. The Labute approximate surface area is 84.9 Å². The van der Waals surface area contributed by atoms with Crippen LogP contribution in [0.5, 0.6) is 0 Å². The Morgan fingerprint density at radius 3 is 3.00 bits per heavy atom. The number of nitrogens with one attached hydrogen (secondary N) is 1. The second-order valence-electron chi connectivity index (χ2n) is 4.40. The van der Waals surface area contributed by atoms with E-state index in [4.69, 9.17) is 4.42 Å². The number of rotatable bonds is 5. The average Bonchev–Trinajstić information content (AvgIpc) is 2.81. The summed E-state index contributed by atoms with van der Waals surface area (Å²) in [7, 11) is 0. The lowest BCUT2D eigenvalue weighted by molar-refractivity contribution is 0.419. The minimum atomic E-state index is 0.480. The third-order valence-electron chi connectivity index (χ3n) is 2.45. The van der Waals surface area contributed by atoms with Crippen molar-refractivity contribution in [2.45, 2.75) is 45.7 Å². The van der Waals surface area contributed by atoms with Gasteiger partial charge in [-0.2, -0.15) is 0 Å². The molecule has 3 nitrogen and oxygen atoms in total. The molecule has 2 rings (SSSR count). The van der Waals surface area contributed by atoms with Crippen molar-refractivity contribution in [2.24, 2.45) is 5.92 Å². The molecule has 0 unspecified atom stereocenters. The van der Waals surface area contributed by atoms with Crippen molar-refractivity contribution in [2.75, 3.05) is 0 Å². The molecule has 14 heavy (non-hydrogen) atoms. The summed E-state index contributed by atoms with van der Waals surface area (Å²) in [4.78, 5) is 4.24. The van der Waals surface area contributed by atoms with Crippen molar-refractivity contribution >= 4 is 0 Å². The summed E-state index contributed by atoms with van der Waals surface area (Å²) in [6, 6.07) is 0.480. The van der Waals surface area contributed by atoms with Crippen LogP contribution in [-0.2, 0) is 13.0 Å². The molecule has 1 aromatic heterocycles. The maximum atomic E-state index is 5.61. The average molecular weight is 194 g/mol. The van der Waals surface area contributed by atoms with E-state index < -0.39 is 0 Å². The maximum absolute atomic E-state index is 5.61. The van der Waals surface area contributed by atoms with E-state index in [9.17, 15) is 0 Å². The van der Waals surface area contributed by atoms with Gasteiger partial charge in [0.2, 0.25) is 5.89 Å². The fraction of sp³-hybridized carbons (Fsp3) is 0.727. The van der Waals surface area contributed by atoms with Crippen molar-refractivity contribution in [3.05, 3.63) is 17.8 Å². The van der Waals surface area contributed by atoms with Gasteiger partial charge in [0.15, 0.2) is 0 Å². The van der Waals surface area contributed by atoms with Crippen LogP contribution in [0.2, 0.25) is 0 Å². The van der Waals surface area contributed by atoms with Gasteiger partial charge in [-0.15, -0.1) is 0 Å². The smallest absolute Gasteiger partial charge is 0.208 e. The lowest BCUT2D eigenvalue weighted by Gasteiger charge is -2.03. The van der Waals surface area contributed by atoms with Crippen molar-refractivity contribution < 1.29 is 4.42 Å². The summed E-state index contributed by atoms with van der Waals surface area (Å²) in [5.41, 5.74) is 0. The Morgan fingerprint density at radius 2 is 2.36 bits per heavy atom. The van der Waals surface area contributed by atoms with Crippen molar-refractivity contribution in [3.63, 3.8) is 0 Å². The SMILES string of the molecule is CC(C)NCc1ncc(CC2CC2)o1. The van der Waals surface area contributed by atoms with Gasteiger partial charge in [-0.25, -0.2) is 4.98 Å². The standard InChI is InChI=1S/C11H18N2O/c1-8(2)12-7-11-13-6-10(14-11)5-9-3-4-9/h6,8-9,12H,3-5,7H2,1-2H3. The lowest BCUT2D eigenvalue weighted by Crippen LogP contribution is -2.21. The molecule has 0 radical (unpaired) electrons. The van der Waals surface area contributed by atoms with Gasteiger partial charge in [0.05, 0.1) is 12.7 Å². The molecule has 0 saturated heterocycles. The number of nitrogens with zero attached hydrogens (tertiary/aromatic N) is 1. The molecule has 3 heteroatoms. The molecule has 1 aromatic rings. The first kappa shape index (κ1) is 9.71. The van der Waals surface area contributed by atoms with Gasteiger partial charge in [-0.1, -0.05) is 13.8 Å². The van der Waals surface area contributed by atoms with E-state index in [0.29, 0.717) is 6.04 Å². The molecular weight excluding hydrogens is 176 g/mol. The molecule has 1 N–H and O–H groups in total. The number of oxazole rings is 1. The van der Waals surface area contributed by atoms with Gasteiger partial charge >= 0.3 is 0 Å². The minimum absolute atomic E-state index is 0.480. The molecule has 0 atom stereocenters. The van der Waals surface area contributed by atoms with E-state index in [1.165, 1.54) is 12.8 Å². The normalized spacial score (nSPS) is 16.5. The first-order chi connectivity index (χ1) is 6.74. The van der Waals surface area contributed by atoms with Crippen LogP contribution in [-0.4, -0.2) is 11.0 Å². The summed E-state index contributed by atoms with van der Waals surface area (Å²) in [6.45, 7) is 4.98. The summed E-state index contributed by atoms with van der Waals surface area (Å²) >= 11 is 0. The molecule has 0 aliphatic heterocycles. The van der Waals surface area contributed by atoms with Crippen molar-refractivity contribution in [1.82, 2.24) is 10.3 Å². The van der Waals surface area contributed by atoms with E-state index in [1.807, 2.05) is 6.20 Å². The van der Waals surface area contributed by atoms with Gasteiger partial charge in [0.25, 0.3) is 0 Å². The van der Waals surface area contributed by atoms with Crippen LogP contribution in [0.1, 0.15) is 38.3 Å². The fourth-order valence-corrected chi connectivity index (χ4v) is 1.42. The Hall–Kier alpha value is -0.830. The zero-order valence-corrected chi connectivity index (χ0v) is 8.92. The molecule has 1 fully saturated rings. The van der Waals surface area contributed by atoms with Crippen LogP contribution in [0.4, 0.5) is 0 Å². The van der Waals surface area contributed by atoms with Crippen LogP contribution in [0, 0.1) is 5.92 Å². The topological polar surface area (TPSA) is 38.1 Å². The highest BCUT2D eigenvalue weighted by Gasteiger charge is 2.23. The predicted molar refractivity (Wildman–Crippen MR) is 54.9 cm³/mol. The Bertz CT molecular complexity index is 289. The fourth-order valence-electron chi connectivity index (χ4n) is 1.42. The Balaban J connectivity index is 1.82. The van der Waals surface area contributed by atoms with E-state index in [-0.39, 0.29) is 0 Å². The molecule has 1 aliphatic rings. The zero-order chi connectivity index (χ0) is 9.97. The highest BCUT2D eigenvalue weighted by molar-refractivity contribution is 4.98. The summed E-state index contributed by atoms with van der Waals surface area (Å²) in [5.74, 6) is 2.73. The highest BCUT2D eigenvalue weighted by Crippen LogP contribution is 2.32. The van der Waals surface area contributed by atoms with Crippen LogP contribution in [0.25, 0.3) is 0 Å². The summed E-state index contributed by atoms with van der Waals surface area (Å²) < 4.78 is 5.61. The zero-order valence-electron chi connectivity index (χ0n) is 8.92. The number of hydrogen-bond donors (Lipinski definition) is 1. The van der Waals surface area contributed by atoms with Crippen LogP contribution >= 0.6 is 0 Å². The third-order valence-corrected chi connectivity index (χ3v) is 2.45. The molecule has 0 bridgehead atoms. The molecule has 0 aromatic carbocycles. The van der Waals surface area contributed by atoms with Crippen LogP contribution in [0.15, 0.2) is 10.6 Å². The van der Waals surface area contributed by atoms with Crippen LogP contribution < -0.4 is 5.32 Å². The van der Waals surface area contributed by atoms with E-state index >= 15 is 0 Å². The molecule has 1 aliphatic carbocycles. The van der Waals surface area contributed by atoms with Gasteiger partial charge in [0, 0.05) is 12.5 Å². The Morgan fingerprint density at radius 1 is 1.57 bits per heavy atom.